The summed E-state index contributed by atoms with van der Waals surface area (Å²) in [7, 11) is 6.26. The number of nitrogens with zero attached hydrogens (tertiary/aromatic N) is 1. The maximum Gasteiger partial charge on any atom is 0.241 e. The Labute approximate surface area is 191 Å². The molecule has 170 valence electrons. The molecule has 0 aliphatic heterocycles. The Morgan fingerprint density at radius 2 is 1.66 bits per heavy atom. The lowest BCUT2D eigenvalue weighted by Crippen LogP contribution is -2.34. The van der Waals surface area contributed by atoms with Gasteiger partial charge in [0.1, 0.15) is 5.75 Å². The first-order valence-corrected chi connectivity index (χ1v) is 10.8. The summed E-state index contributed by atoms with van der Waals surface area (Å²) in [5.41, 5.74) is 9.73. The minimum atomic E-state index is -0.596. The molecule has 1 amide bonds. The second kappa shape index (κ2) is 10.3. The van der Waals surface area contributed by atoms with Gasteiger partial charge in [0.2, 0.25) is 11.7 Å². The van der Waals surface area contributed by atoms with Gasteiger partial charge in [-0.15, -0.1) is 0 Å². The van der Waals surface area contributed by atoms with Crippen LogP contribution >= 0.6 is 11.5 Å². The average Bonchev–Trinajstić information content (AvgIpc) is 3.32. The number of carbonyl (C=O) groups excluding carboxylic acids is 1. The third-order valence-electron chi connectivity index (χ3n) is 5.05. The maximum absolute atomic E-state index is 12.4. The van der Waals surface area contributed by atoms with Crippen molar-refractivity contribution in [3.05, 3.63) is 35.7 Å². The van der Waals surface area contributed by atoms with Gasteiger partial charge in [0.25, 0.3) is 0 Å². The van der Waals surface area contributed by atoms with Crippen molar-refractivity contribution in [1.29, 1.82) is 0 Å². The fourth-order valence-electron chi connectivity index (χ4n) is 3.25. The number of anilines is 1. The summed E-state index contributed by atoms with van der Waals surface area (Å²) in [4.78, 5) is 12.4. The first-order valence-electron chi connectivity index (χ1n) is 9.96. The van der Waals surface area contributed by atoms with E-state index in [4.69, 9.17) is 24.7 Å². The highest BCUT2D eigenvalue weighted by Crippen LogP contribution is 2.44. The van der Waals surface area contributed by atoms with Crippen LogP contribution in [0.2, 0.25) is 0 Å². The molecule has 0 aliphatic carbocycles. The van der Waals surface area contributed by atoms with Gasteiger partial charge in [-0.1, -0.05) is 13.0 Å². The summed E-state index contributed by atoms with van der Waals surface area (Å²) in [6.07, 6.45) is 0.535. The Hall–Kier alpha value is -3.30. The number of amides is 1. The van der Waals surface area contributed by atoms with E-state index >= 15 is 0 Å². The van der Waals surface area contributed by atoms with Gasteiger partial charge in [-0.2, -0.15) is 4.37 Å². The van der Waals surface area contributed by atoms with Gasteiger partial charge in [-0.05, 0) is 47.8 Å². The molecule has 1 unspecified atom stereocenters. The average molecular weight is 458 g/mol. The number of ether oxygens (including phenoxy) is 4. The Kier molecular flexibility index (Phi) is 7.55. The zero-order valence-corrected chi connectivity index (χ0v) is 19.5. The van der Waals surface area contributed by atoms with Crippen molar-refractivity contribution in [3.8, 4) is 45.4 Å². The topological polar surface area (TPSA) is 105 Å². The van der Waals surface area contributed by atoms with Gasteiger partial charge < -0.3 is 30.0 Å². The smallest absolute Gasteiger partial charge is 0.241 e. The van der Waals surface area contributed by atoms with Crippen LogP contribution in [0.25, 0.3) is 22.4 Å². The van der Waals surface area contributed by atoms with E-state index in [0.717, 1.165) is 22.4 Å². The maximum atomic E-state index is 12.4. The van der Waals surface area contributed by atoms with E-state index in [1.807, 2.05) is 36.6 Å². The summed E-state index contributed by atoms with van der Waals surface area (Å²) < 4.78 is 26.4. The van der Waals surface area contributed by atoms with Crippen molar-refractivity contribution in [1.82, 2.24) is 4.37 Å². The highest BCUT2D eigenvalue weighted by atomic mass is 32.1. The van der Waals surface area contributed by atoms with Gasteiger partial charge in [-0.3, -0.25) is 4.79 Å². The predicted octanol–water partition coefficient (Wildman–Crippen LogP) is 4.19. The minimum Gasteiger partial charge on any atom is -0.495 e. The molecule has 32 heavy (non-hydrogen) atoms. The lowest BCUT2D eigenvalue weighted by Gasteiger charge is -2.15. The molecule has 0 radical (unpaired) electrons. The second-order valence-electron chi connectivity index (χ2n) is 6.91. The summed E-state index contributed by atoms with van der Waals surface area (Å²) in [6, 6.07) is 8.68. The quantitative estimate of drug-likeness (QED) is 0.496. The molecule has 8 nitrogen and oxygen atoms in total. The van der Waals surface area contributed by atoms with Crippen LogP contribution < -0.4 is 30.0 Å². The molecule has 1 atom stereocenters. The Morgan fingerprint density at radius 3 is 2.22 bits per heavy atom. The standard InChI is InChI=1S/C23H27N3O5S/c1-6-16(24)23(27)25-17-9-13(7-8-18(17)28-2)15-12-32-26-21(15)14-10-19(29-3)22(31-5)20(11-14)30-4/h7-12,16H,6,24H2,1-5H3,(H,25,27). The van der Waals surface area contributed by atoms with E-state index in [1.54, 1.807) is 34.5 Å². The monoisotopic (exact) mass is 457 g/mol. The van der Waals surface area contributed by atoms with E-state index in [-0.39, 0.29) is 5.91 Å². The van der Waals surface area contributed by atoms with Crippen molar-refractivity contribution < 1.29 is 23.7 Å². The van der Waals surface area contributed by atoms with Crippen LogP contribution in [-0.2, 0) is 4.79 Å². The van der Waals surface area contributed by atoms with Crippen molar-refractivity contribution in [2.24, 2.45) is 5.73 Å². The highest BCUT2D eigenvalue weighted by molar-refractivity contribution is 7.04. The number of aromatic nitrogens is 1. The molecular formula is C23H27N3O5S. The number of methoxy groups -OCH3 is 4. The molecule has 2 aromatic carbocycles. The number of nitrogens with one attached hydrogen (secondary N) is 1. The van der Waals surface area contributed by atoms with Crippen LogP contribution in [0.1, 0.15) is 13.3 Å². The van der Waals surface area contributed by atoms with E-state index in [9.17, 15) is 4.79 Å². The third kappa shape index (κ3) is 4.63. The van der Waals surface area contributed by atoms with Crippen LogP contribution in [-0.4, -0.2) is 44.8 Å². The SMILES string of the molecule is CCC(N)C(=O)Nc1cc(-c2csnc2-c2cc(OC)c(OC)c(OC)c2)ccc1OC. The Morgan fingerprint density at radius 1 is 1.00 bits per heavy atom. The molecule has 1 aromatic heterocycles. The van der Waals surface area contributed by atoms with Crippen molar-refractivity contribution >= 4 is 23.1 Å². The molecule has 9 heteroatoms. The van der Waals surface area contributed by atoms with Crippen LogP contribution in [0.4, 0.5) is 5.69 Å². The molecule has 0 spiro atoms. The molecule has 3 rings (SSSR count). The summed E-state index contributed by atoms with van der Waals surface area (Å²) >= 11 is 1.33. The highest BCUT2D eigenvalue weighted by Gasteiger charge is 2.20. The molecule has 0 aliphatic rings. The van der Waals surface area contributed by atoms with Crippen LogP contribution in [0.3, 0.4) is 0 Å². The second-order valence-corrected chi connectivity index (χ2v) is 7.54. The number of carbonyl (C=O) groups is 1. The lowest BCUT2D eigenvalue weighted by molar-refractivity contribution is -0.117. The van der Waals surface area contributed by atoms with E-state index in [0.29, 0.717) is 35.1 Å². The first-order chi connectivity index (χ1) is 15.5. The fraction of sp³-hybridized carbons (Fsp3) is 0.304. The number of nitrogens with two attached hydrogens (primary N) is 1. The fourth-order valence-corrected chi connectivity index (χ4v) is 3.97. The van der Waals surface area contributed by atoms with E-state index in [2.05, 4.69) is 9.69 Å². The van der Waals surface area contributed by atoms with Crippen LogP contribution in [0, 0.1) is 0 Å². The molecule has 3 aromatic rings. The molecule has 0 saturated heterocycles. The molecule has 1 heterocycles. The number of hydrogen-bond acceptors (Lipinski definition) is 8. The Balaban J connectivity index is 2.07. The van der Waals surface area contributed by atoms with Crippen LogP contribution in [0.5, 0.6) is 23.0 Å². The molecular weight excluding hydrogens is 430 g/mol. The van der Waals surface area contributed by atoms with Gasteiger partial charge in [0.05, 0.1) is 45.9 Å². The van der Waals surface area contributed by atoms with Crippen molar-refractivity contribution in [3.63, 3.8) is 0 Å². The minimum absolute atomic E-state index is 0.267. The van der Waals surface area contributed by atoms with Crippen molar-refractivity contribution in [2.75, 3.05) is 33.8 Å². The summed E-state index contributed by atoms with van der Waals surface area (Å²) in [5, 5.41) is 4.81. The zero-order chi connectivity index (χ0) is 23.3. The summed E-state index contributed by atoms with van der Waals surface area (Å²) in [6.45, 7) is 1.86. The first kappa shape index (κ1) is 23.4. The van der Waals surface area contributed by atoms with Gasteiger partial charge in [0.15, 0.2) is 11.5 Å². The lowest BCUT2D eigenvalue weighted by atomic mass is 10.0. The Bertz CT molecular complexity index is 1070. The number of rotatable bonds is 9. The van der Waals surface area contributed by atoms with Crippen molar-refractivity contribution in [2.45, 2.75) is 19.4 Å². The zero-order valence-electron chi connectivity index (χ0n) is 18.7. The molecule has 0 bridgehead atoms. The van der Waals surface area contributed by atoms with E-state index in [1.165, 1.54) is 11.5 Å². The number of benzene rings is 2. The molecule has 0 fully saturated rings. The number of hydrogen-bond donors (Lipinski definition) is 2. The van der Waals surface area contributed by atoms with Gasteiger partial charge >= 0.3 is 0 Å². The third-order valence-corrected chi connectivity index (χ3v) is 5.68. The predicted molar refractivity (Wildman–Crippen MR) is 126 cm³/mol. The molecule has 3 N–H and O–H groups in total. The van der Waals surface area contributed by atoms with Gasteiger partial charge in [-0.25, -0.2) is 0 Å². The molecule has 0 saturated carbocycles. The van der Waals surface area contributed by atoms with Crippen LogP contribution in [0.15, 0.2) is 35.7 Å². The van der Waals surface area contributed by atoms with Gasteiger partial charge in [0, 0.05) is 16.5 Å². The van der Waals surface area contributed by atoms with E-state index < -0.39 is 6.04 Å². The summed E-state index contributed by atoms with van der Waals surface area (Å²) in [5.74, 6) is 1.87. The normalized spacial score (nSPS) is 11.6. The largest absolute Gasteiger partial charge is 0.495 e.